The molecule has 13 heavy (non-hydrogen) atoms. The third-order valence-electron chi connectivity index (χ3n) is 1.78. The summed E-state index contributed by atoms with van der Waals surface area (Å²) in [5, 5.41) is 9.99. The standard InChI is InChI=1S/C10H10O3/c1-4-7-6(3)8(5-2)10(12)13-9(7)11/h4-5,11H,1,3H2,2H3. The summed E-state index contributed by atoms with van der Waals surface area (Å²) in [7, 11) is 0. The van der Waals surface area contributed by atoms with Crippen molar-refractivity contribution in [3.05, 3.63) is 33.0 Å². The summed E-state index contributed by atoms with van der Waals surface area (Å²) in [6, 6.07) is 0. The molecule has 0 saturated heterocycles. The van der Waals surface area contributed by atoms with E-state index in [1.54, 1.807) is 13.0 Å². The molecule has 1 heterocycles. The van der Waals surface area contributed by atoms with E-state index >= 15 is 0 Å². The zero-order chi connectivity index (χ0) is 10.0. The Labute approximate surface area is 74.9 Å². The molecule has 1 aromatic heterocycles. The molecule has 1 N–H and O–H groups in total. The van der Waals surface area contributed by atoms with E-state index in [1.807, 2.05) is 0 Å². The van der Waals surface area contributed by atoms with E-state index in [0.717, 1.165) is 0 Å². The van der Waals surface area contributed by atoms with Gasteiger partial charge in [-0.1, -0.05) is 25.3 Å². The molecule has 1 rings (SSSR count). The van der Waals surface area contributed by atoms with Crippen LogP contribution in [0.25, 0.3) is 18.7 Å². The molecule has 0 saturated carbocycles. The lowest BCUT2D eigenvalue weighted by Gasteiger charge is -1.96. The number of hydrogen-bond acceptors (Lipinski definition) is 3. The maximum absolute atomic E-state index is 11.1. The average molecular weight is 178 g/mol. The Balaban J connectivity index is 3.91. The summed E-state index contributed by atoms with van der Waals surface area (Å²) in [6.45, 7) is 8.84. The van der Waals surface area contributed by atoms with E-state index in [-0.39, 0.29) is 0 Å². The predicted molar refractivity (Wildman–Crippen MR) is 51.6 cm³/mol. The van der Waals surface area contributed by atoms with Crippen LogP contribution in [0.4, 0.5) is 0 Å². The van der Waals surface area contributed by atoms with Crippen LogP contribution in [-0.2, 0) is 0 Å². The van der Waals surface area contributed by atoms with Crippen molar-refractivity contribution in [2.24, 2.45) is 0 Å². The second kappa shape index (κ2) is 3.31. The molecule has 0 aliphatic heterocycles. The molecule has 0 aromatic carbocycles. The third-order valence-corrected chi connectivity index (χ3v) is 1.78. The van der Waals surface area contributed by atoms with Crippen molar-refractivity contribution in [2.75, 3.05) is 0 Å². The van der Waals surface area contributed by atoms with Crippen molar-refractivity contribution in [3.63, 3.8) is 0 Å². The van der Waals surface area contributed by atoms with Crippen molar-refractivity contribution >= 4 is 18.7 Å². The molecule has 0 amide bonds. The molecular weight excluding hydrogens is 168 g/mol. The van der Waals surface area contributed by atoms with Gasteiger partial charge in [0.15, 0.2) is 0 Å². The van der Waals surface area contributed by atoms with Crippen molar-refractivity contribution in [3.8, 4) is 5.95 Å². The topological polar surface area (TPSA) is 50.4 Å². The largest absolute Gasteiger partial charge is 0.480 e. The van der Waals surface area contributed by atoms with Crippen LogP contribution in [0.3, 0.4) is 0 Å². The zero-order valence-electron chi connectivity index (χ0n) is 7.33. The zero-order valence-corrected chi connectivity index (χ0v) is 7.33. The minimum Gasteiger partial charge on any atom is -0.480 e. The Morgan fingerprint density at radius 1 is 1.54 bits per heavy atom. The van der Waals surface area contributed by atoms with Crippen LogP contribution in [0, 0.1) is 0 Å². The highest BCUT2D eigenvalue weighted by Gasteiger charge is 2.04. The van der Waals surface area contributed by atoms with Gasteiger partial charge in [0.25, 0.3) is 5.95 Å². The molecule has 0 bridgehead atoms. The Bertz CT molecular complexity index is 494. The molecule has 3 nitrogen and oxygen atoms in total. The lowest BCUT2D eigenvalue weighted by atomic mass is 10.2. The molecule has 1 aromatic rings. The van der Waals surface area contributed by atoms with Crippen molar-refractivity contribution in [2.45, 2.75) is 6.92 Å². The summed E-state index contributed by atoms with van der Waals surface area (Å²) in [4.78, 5) is 11.1. The molecular formula is C10H10O3. The van der Waals surface area contributed by atoms with Gasteiger partial charge in [-0.15, -0.1) is 0 Å². The summed E-state index contributed by atoms with van der Waals surface area (Å²) < 4.78 is 4.56. The van der Waals surface area contributed by atoms with Crippen LogP contribution in [0.15, 0.2) is 15.8 Å². The van der Waals surface area contributed by atoms with Gasteiger partial charge >= 0.3 is 5.63 Å². The van der Waals surface area contributed by atoms with Crippen LogP contribution in [0.5, 0.6) is 5.95 Å². The lowest BCUT2D eigenvalue weighted by Crippen LogP contribution is -2.38. The summed E-state index contributed by atoms with van der Waals surface area (Å²) in [5.41, 5.74) is -0.233. The van der Waals surface area contributed by atoms with E-state index in [1.165, 1.54) is 6.08 Å². The Kier molecular flexibility index (Phi) is 2.37. The molecule has 68 valence electrons. The highest BCUT2D eigenvalue weighted by Crippen LogP contribution is 2.08. The van der Waals surface area contributed by atoms with Gasteiger partial charge in [-0.25, -0.2) is 4.79 Å². The molecule has 0 aliphatic carbocycles. The first-order valence-electron chi connectivity index (χ1n) is 3.75. The third kappa shape index (κ3) is 1.40. The van der Waals surface area contributed by atoms with Crippen molar-refractivity contribution < 1.29 is 9.52 Å². The van der Waals surface area contributed by atoms with Gasteiger partial charge in [0.2, 0.25) is 0 Å². The van der Waals surface area contributed by atoms with E-state index in [9.17, 15) is 9.90 Å². The fraction of sp³-hybridized carbons (Fsp3) is 0.100. The lowest BCUT2D eigenvalue weighted by molar-refractivity contribution is 0.305. The smallest absolute Gasteiger partial charge is 0.346 e. The fourth-order valence-corrected chi connectivity index (χ4v) is 1.10. The highest BCUT2D eigenvalue weighted by atomic mass is 16.5. The van der Waals surface area contributed by atoms with Gasteiger partial charge in [0.1, 0.15) is 0 Å². The number of rotatable bonds is 1. The van der Waals surface area contributed by atoms with Gasteiger partial charge in [-0.2, -0.15) is 0 Å². The SMILES string of the molecule is C=Cc1c(O)oc(=O)c(=CC)c1=C. The number of aromatic hydroxyl groups is 1. The van der Waals surface area contributed by atoms with E-state index in [2.05, 4.69) is 17.6 Å². The first-order chi connectivity index (χ1) is 6.11. The molecule has 0 fully saturated rings. The quantitative estimate of drug-likeness (QED) is 0.668. The fourth-order valence-electron chi connectivity index (χ4n) is 1.10. The highest BCUT2D eigenvalue weighted by molar-refractivity contribution is 5.53. The molecule has 0 atom stereocenters. The van der Waals surface area contributed by atoms with Crippen molar-refractivity contribution in [1.82, 2.24) is 0 Å². The molecule has 0 unspecified atom stereocenters. The van der Waals surface area contributed by atoms with Crippen LogP contribution < -0.4 is 16.1 Å². The Hall–Kier alpha value is -1.77. The molecule has 0 radical (unpaired) electrons. The minimum absolute atomic E-state index is 0.354. The summed E-state index contributed by atoms with van der Waals surface area (Å²) in [6.07, 6.45) is 2.98. The normalized spacial score (nSPS) is 11.6. The predicted octanol–water partition coefficient (Wildman–Crippen LogP) is 0.199. The van der Waals surface area contributed by atoms with Crippen LogP contribution in [0.1, 0.15) is 12.5 Å². The molecule has 0 spiro atoms. The number of hydrogen-bond donors (Lipinski definition) is 1. The van der Waals surface area contributed by atoms with Gasteiger partial charge in [0.05, 0.1) is 10.8 Å². The second-order valence-corrected chi connectivity index (χ2v) is 2.49. The monoisotopic (exact) mass is 178 g/mol. The summed E-state index contributed by atoms with van der Waals surface area (Å²) >= 11 is 0. The van der Waals surface area contributed by atoms with E-state index in [4.69, 9.17) is 0 Å². The molecule has 0 aliphatic rings. The van der Waals surface area contributed by atoms with E-state index < -0.39 is 11.6 Å². The van der Waals surface area contributed by atoms with Crippen LogP contribution >= 0.6 is 0 Å². The first kappa shape index (κ1) is 9.32. The van der Waals surface area contributed by atoms with Gasteiger partial charge in [-0.3, -0.25) is 0 Å². The second-order valence-electron chi connectivity index (χ2n) is 2.49. The summed E-state index contributed by atoms with van der Waals surface area (Å²) in [5.74, 6) is -0.435. The van der Waals surface area contributed by atoms with Gasteiger partial charge < -0.3 is 9.52 Å². The minimum atomic E-state index is -0.587. The van der Waals surface area contributed by atoms with Crippen LogP contribution in [-0.4, -0.2) is 5.11 Å². The van der Waals surface area contributed by atoms with E-state index in [0.29, 0.717) is 16.0 Å². The van der Waals surface area contributed by atoms with Gasteiger partial charge in [0, 0.05) is 0 Å². The van der Waals surface area contributed by atoms with Gasteiger partial charge in [-0.05, 0) is 12.1 Å². The Morgan fingerprint density at radius 2 is 2.15 bits per heavy atom. The average Bonchev–Trinajstić information content (AvgIpc) is 2.04. The maximum atomic E-state index is 11.1. The van der Waals surface area contributed by atoms with Crippen LogP contribution in [0.2, 0.25) is 0 Å². The Morgan fingerprint density at radius 3 is 2.62 bits per heavy atom. The maximum Gasteiger partial charge on any atom is 0.346 e. The first-order valence-corrected chi connectivity index (χ1v) is 3.75. The van der Waals surface area contributed by atoms with Crippen molar-refractivity contribution in [1.29, 1.82) is 0 Å². The molecule has 3 heteroatoms.